The maximum Gasteiger partial charge on any atom is 0.123 e. The minimum atomic E-state index is -0.277. The zero-order chi connectivity index (χ0) is 14.5. The Morgan fingerprint density at radius 3 is 2.65 bits per heavy atom. The van der Waals surface area contributed by atoms with Crippen LogP contribution in [0.3, 0.4) is 0 Å². The van der Waals surface area contributed by atoms with Crippen LogP contribution in [-0.2, 0) is 6.54 Å². The summed E-state index contributed by atoms with van der Waals surface area (Å²) in [7, 11) is 0. The van der Waals surface area contributed by atoms with Crippen molar-refractivity contribution < 1.29 is 4.39 Å². The third-order valence-corrected chi connectivity index (χ3v) is 4.23. The molecular formula is C16H22FN3. The molecule has 0 aliphatic heterocycles. The quantitative estimate of drug-likeness (QED) is 0.919. The van der Waals surface area contributed by atoms with Crippen LogP contribution in [0.25, 0.3) is 0 Å². The van der Waals surface area contributed by atoms with E-state index in [-0.39, 0.29) is 5.82 Å². The Kier molecular flexibility index (Phi) is 5.11. The van der Waals surface area contributed by atoms with Gasteiger partial charge in [0, 0.05) is 18.6 Å². The van der Waals surface area contributed by atoms with Crippen LogP contribution in [-0.4, -0.2) is 23.5 Å². The van der Waals surface area contributed by atoms with E-state index in [1.807, 2.05) is 0 Å². The van der Waals surface area contributed by atoms with Crippen LogP contribution in [0.4, 0.5) is 4.39 Å². The monoisotopic (exact) mass is 275 g/mol. The predicted octanol–water partition coefficient (Wildman–Crippen LogP) is 2.79. The van der Waals surface area contributed by atoms with Crippen molar-refractivity contribution >= 4 is 0 Å². The van der Waals surface area contributed by atoms with Crippen molar-refractivity contribution in [2.45, 2.75) is 51.2 Å². The van der Waals surface area contributed by atoms with Gasteiger partial charge in [0.25, 0.3) is 0 Å². The first kappa shape index (κ1) is 15.0. The number of rotatable bonds is 4. The molecule has 0 bridgehead atoms. The summed E-state index contributed by atoms with van der Waals surface area (Å²) in [5.41, 5.74) is 7.29. The summed E-state index contributed by atoms with van der Waals surface area (Å²) in [6.07, 6.45) is 4.28. The molecule has 0 aromatic heterocycles. The second-order valence-electron chi connectivity index (χ2n) is 5.54. The molecule has 20 heavy (non-hydrogen) atoms. The number of hydrogen-bond acceptors (Lipinski definition) is 3. The molecule has 0 heterocycles. The maximum atomic E-state index is 13.4. The smallest absolute Gasteiger partial charge is 0.123 e. The number of hydrogen-bond donors (Lipinski definition) is 1. The Labute approximate surface area is 120 Å². The van der Waals surface area contributed by atoms with Gasteiger partial charge >= 0.3 is 0 Å². The molecule has 1 aliphatic carbocycles. The van der Waals surface area contributed by atoms with Gasteiger partial charge in [0.15, 0.2) is 0 Å². The van der Waals surface area contributed by atoms with Crippen molar-refractivity contribution in [3.8, 4) is 6.07 Å². The first-order chi connectivity index (χ1) is 9.63. The topological polar surface area (TPSA) is 53.0 Å². The van der Waals surface area contributed by atoms with E-state index in [9.17, 15) is 4.39 Å². The summed E-state index contributed by atoms with van der Waals surface area (Å²) in [6, 6.07) is 7.36. The second-order valence-corrected chi connectivity index (χ2v) is 5.54. The first-order valence-corrected chi connectivity index (χ1v) is 7.32. The largest absolute Gasteiger partial charge is 0.328 e. The van der Waals surface area contributed by atoms with Crippen LogP contribution in [0.1, 0.15) is 43.7 Å². The Morgan fingerprint density at radius 1 is 1.35 bits per heavy atom. The Hall–Kier alpha value is -1.44. The van der Waals surface area contributed by atoms with E-state index in [1.54, 1.807) is 6.07 Å². The molecule has 1 aromatic carbocycles. The third kappa shape index (κ3) is 3.56. The van der Waals surface area contributed by atoms with Crippen molar-refractivity contribution in [2.24, 2.45) is 5.73 Å². The number of nitrogens with two attached hydrogens (primary N) is 1. The standard InChI is InChI=1S/C16H22FN3/c1-2-20(16-7-5-15(19)6-8-16)11-13-9-14(17)4-3-12(13)10-18/h3-4,9,15-16H,2,5-8,11,19H2,1H3. The summed E-state index contributed by atoms with van der Waals surface area (Å²) in [4.78, 5) is 2.33. The van der Waals surface area contributed by atoms with E-state index in [2.05, 4.69) is 17.9 Å². The van der Waals surface area contributed by atoms with Gasteiger partial charge in [-0.3, -0.25) is 4.90 Å². The minimum Gasteiger partial charge on any atom is -0.328 e. The number of benzene rings is 1. The van der Waals surface area contributed by atoms with Gasteiger partial charge in [-0.05, 0) is 56.0 Å². The second kappa shape index (κ2) is 6.83. The predicted molar refractivity (Wildman–Crippen MR) is 77.4 cm³/mol. The van der Waals surface area contributed by atoms with Crippen LogP contribution < -0.4 is 5.73 Å². The van der Waals surface area contributed by atoms with E-state index >= 15 is 0 Å². The van der Waals surface area contributed by atoms with Crippen LogP contribution in [0.15, 0.2) is 18.2 Å². The molecule has 0 saturated heterocycles. The summed E-state index contributed by atoms with van der Waals surface area (Å²) < 4.78 is 13.4. The molecule has 0 amide bonds. The van der Waals surface area contributed by atoms with Gasteiger partial charge in [-0.15, -0.1) is 0 Å². The number of nitriles is 1. The highest BCUT2D eigenvalue weighted by Gasteiger charge is 2.24. The molecule has 1 fully saturated rings. The summed E-state index contributed by atoms with van der Waals surface area (Å²) >= 11 is 0. The molecule has 1 aromatic rings. The first-order valence-electron chi connectivity index (χ1n) is 7.32. The van der Waals surface area contributed by atoms with E-state index in [0.29, 0.717) is 24.2 Å². The fourth-order valence-electron chi connectivity index (χ4n) is 2.99. The van der Waals surface area contributed by atoms with Gasteiger partial charge in [0.1, 0.15) is 5.82 Å². The summed E-state index contributed by atoms with van der Waals surface area (Å²) in [5.74, 6) is -0.277. The van der Waals surface area contributed by atoms with Crippen LogP contribution >= 0.6 is 0 Å². The molecule has 1 saturated carbocycles. The average molecular weight is 275 g/mol. The van der Waals surface area contributed by atoms with E-state index < -0.39 is 0 Å². The highest BCUT2D eigenvalue weighted by Crippen LogP contribution is 2.24. The fraction of sp³-hybridized carbons (Fsp3) is 0.562. The Bertz CT molecular complexity index is 487. The Morgan fingerprint density at radius 2 is 2.05 bits per heavy atom. The molecule has 0 atom stereocenters. The highest BCUT2D eigenvalue weighted by atomic mass is 19.1. The van der Waals surface area contributed by atoms with Crippen molar-refractivity contribution in [1.82, 2.24) is 4.90 Å². The van der Waals surface area contributed by atoms with Crippen molar-refractivity contribution in [3.63, 3.8) is 0 Å². The maximum absolute atomic E-state index is 13.4. The molecule has 0 unspecified atom stereocenters. The van der Waals surface area contributed by atoms with E-state index in [1.165, 1.54) is 12.1 Å². The molecule has 1 aliphatic rings. The molecule has 0 spiro atoms. The van der Waals surface area contributed by atoms with Crippen LogP contribution in [0.2, 0.25) is 0 Å². The lowest BCUT2D eigenvalue weighted by Gasteiger charge is -2.35. The molecule has 4 heteroatoms. The molecule has 2 N–H and O–H groups in total. The van der Waals surface area contributed by atoms with Crippen molar-refractivity contribution in [3.05, 3.63) is 35.1 Å². The average Bonchev–Trinajstić information content (AvgIpc) is 2.46. The summed E-state index contributed by atoms with van der Waals surface area (Å²) in [6.45, 7) is 3.65. The molecule has 2 rings (SSSR count). The number of halogens is 1. The highest BCUT2D eigenvalue weighted by molar-refractivity contribution is 5.37. The van der Waals surface area contributed by atoms with E-state index in [0.717, 1.165) is 37.8 Å². The van der Waals surface area contributed by atoms with Gasteiger partial charge in [0.05, 0.1) is 11.6 Å². The number of nitrogens with zero attached hydrogens (tertiary/aromatic N) is 2. The van der Waals surface area contributed by atoms with E-state index in [4.69, 9.17) is 11.0 Å². The summed E-state index contributed by atoms with van der Waals surface area (Å²) in [5, 5.41) is 9.13. The van der Waals surface area contributed by atoms with Crippen LogP contribution in [0, 0.1) is 17.1 Å². The zero-order valence-electron chi connectivity index (χ0n) is 12.0. The van der Waals surface area contributed by atoms with Crippen LogP contribution in [0.5, 0.6) is 0 Å². The fourth-order valence-corrected chi connectivity index (χ4v) is 2.99. The SMILES string of the molecule is CCN(Cc1cc(F)ccc1C#N)C1CCC(N)CC1. The molecular weight excluding hydrogens is 253 g/mol. The van der Waals surface area contributed by atoms with Gasteiger partial charge in [-0.2, -0.15) is 5.26 Å². The lowest BCUT2D eigenvalue weighted by molar-refractivity contribution is 0.149. The van der Waals surface area contributed by atoms with Gasteiger partial charge in [0.2, 0.25) is 0 Å². The molecule has 0 radical (unpaired) electrons. The van der Waals surface area contributed by atoms with Crippen molar-refractivity contribution in [2.75, 3.05) is 6.54 Å². The Balaban J connectivity index is 2.10. The van der Waals surface area contributed by atoms with Gasteiger partial charge in [-0.25, -0.2) is 4.39 Å². The minimum absolute atomic E-state index is 0.277. The lowest BCUT2D eigenvalue weighted by Crippen LogP contribution is -2.40. The van der Waals surface area contributed by atoms with Gasteiger partial charge < -0.3 is 5.73 Å². The molecule has 3 nitrogen and oxygen atoms in total. The lowest BCUT2D eigenvalue weighted by atomic mass is 9.90. The molecule has 108 valence electrons. The zero-order valence-corrected chi connectivity index (χ0v) is 12.0. The van der Waals surface area contributed by atoms with Crippen molar-refractivity contribution in [1.29, 1.82) is 5.26 Å². The third-order valence-electron chi connectivity index (χ3n) is 4.23. The normalized spacial score (nSPS) is 22.8. The van der Waals surface area contributed by atoms with Gasteiger partial charge in [-0.1, -0.05) is 6.92 Å².